The quantitative estimate of drug-likeness (QED) is 0.308. The molecular formula is C18H18N4O3S3. The maximum atomic E-state index is 12.8. The molecule has 0 saturated carbocycles. The third kappa shape index (κ3) is 4.40. The van der Waals surface area contributed by atoms with Crippen molar-refractivity contribution in [2.45, 2.75) is 35.7 Å². The second-order valence-electron chi connectivity index (χ2n) is 6.12. The summed E-state index contributed by atoms with van der Waals surface area (Å²) >= 11 is 4.60. The molecule has 4 heterocycles. The molecular weight excluding hydrogens is 416 g/mol. The fourth-order valence-electron chi connectivity index (χ4n) is 2.81. The molecule has 1 amide bonds. The smallest absolute Gasteiger partial charge is 0.356 e. The summed E-state index contributed by atoms with van der Waals surface area (Å²) in [5, 5.41) is 6.24. The minimum atomic E-state index is -0.623. The van der Waals surface area contributed by atoms with Crippen LogP contribution in [0.25, 0.3) is 0 Å². The Hall–Kier alpha value is -1.88. The molecule has 0 radical (unpaired) electrons. The third-order valence-corrected chi connectivity index (χ3v) is 7.13. The lowest BCUT2D eigenvalue weighted by Gasteiger charge is -2.42. The predicted molar refractivity (Wildman–Crippen MR) is 109 cm³/mol. The molecule has 28 heavy (non-hydrogen) atoms. The largest absolute Gasteiger partial charge is 0.432 e. The zero-order chi connectivity index (χ0) is 19.5. The van der Waals surface area contributed by atoms with E-state index in [1.54, 1.807) is 41.6 Å². The Morgan fingerprint density at radius 3 is 3.00 bits per heavy atom. The number of nitrogens with one attached hydrogen (secondary N) is 1. The SMILES string of the molecule is Cc1nc(CNC(OC(=O)C2=CCS[C@H]3CC(=O)N23)Sc2ccncc2)cs1. The van der Waals surface area contributed by atoms with Crippen LogP contribution in [0.4, 0.5) is 0 Å². The summed E-state index contributed by atoms with van der Waals surface area (Å²) in [5.41, 5.74) is 0.610. The maximum Gasteiger partial charge on any atom is 0.356 e. The normalized spacial score (nSPS) is 19.5. The molecule has 1 fully saturated rings. The number of rotatable bonds is 7. The molecule has 2 aliphatic heterocycles. The molecule has 1 unspecified atom stereocenters. The van der Waals surface area contributed by atoms with Gasteiger partial charge in [-0.3, -0.25) is 20.0 Å². The number of aryl methyl sites for hydroxylation is 1. The fourth-order valence-corrected chi connectivity index (χ4v) is 5.37. The summed E-state index contributed by atoms with van der Waals surface area (Å²) in [6.07, 6.45) is 5.62. The van der Waals surface area contributed by atoms with Crippen molar-refractivity contribution in [3.63, 3.8) is 0 Å². The van der Waals surface area contributed by atoms with Crippen LogP contribution in [-0.4, -0.2) is 43.4 Å². The number of thiazole rings is 1. The highest BCUT2D eigenvalue weighted by molar-refractivity contribution is 8.00. The van der Waals surface area contributed by atoms with E-state index in [1.165, 1.54) is 16.7 Å². The Labute approximate surface area is 175 Å². The third-order valence-electron chi connectivity index (χ3n) is 4.16. The van der Waals surface area contributed by atoms with Crippen LogP contribution in [0, 0.1) is 6.92 Å². The van der Waals surface area contributed by atoms with Crippen molar-refractivity contribution >= 4 is 46.7 Å². The summed E-state index contributed by atoms with van der Waals surface area (Å²) in [4.78, 5) is 35.6. The van der Waals surface area contributed by atoms with E-state index >= 15 is 0 Å². The van der Waals surface area contributed by atoms with Crippen LogP contribution < -0.4 is 5.32 Å². The van der Waals surface area contributed by atoms with Crippen LogP contribution in [0.3, 0.4) is 0 Å². The number of ether oxygens (including phenoxy) is 1. The van der Waals surface area contributed by atoms with Gasteiger partial charge >= 0.3 is 5.97 Å². The standard InChI is InChI=1S/C18H18N4O3S3/c1-11-21-12(10-27-11)9-20-18(28-13-2-5-19-6-3-13)25-17(24)14-4-7-26-16-8-15(23)22(14)16/h2-6,10,16,18,20H,7-9H2,1H3/t16-,18?/m0/s1. The summed E-state index contributed by atoms with van der Waals surface area (Å²) in [5.74, 6) is 0.170. The van der Waals surface area contributed by atoms with Crippen LogP contribution in [0.1, 0.15) is 17.1 Å². The molecule has 146 valence electrons. The number of hydrogen-bond donors (Lipinski definition) is 1. The van der Waals surface area contributed by atoms with Gasteiger partial charge in [0.25, 0.3) is 0 Å². The highest BCUT2D eigenvalue weighted by Gasteiger charge is 2.43. The Kier molecular flexibility index (Phi) is 6.00. The number of aromatic nitrogens is 2. The molecule has 0 aliphatic carbocycles. The van der Waals surface area contributed by atoms with Crippen molar-refractivity contribution < 1.29 is 14.3 Å². The lowest BCUT2D eigenvalue weighted by Crippen LogP contribution is -2.53. The molecule has 0 spiro atoms. The number of hydrogen-bond acceptors (Lipinski definition) is 9. The highest BCUT2D eigenvalue weighted by Crippen LogP contribution is 2.37. The number of esters is 1. The van der Waals surface area contributed by atoms with Gasteiger partial charge in [-0.1, -0.05) is 11.8 Å². The van der Waals surface area contributed by atoms with Gasteiger partial charge in [0.2, 0.25) is 11.5 Å². The number of β-lactam (4-membered cyclic amide) rings is 1. The first kappa shape index (κ1) is 19.4. The maximum absolute atomic E-state index is 12.8. The molecule has 2 aromatic heterocycles. The molecule has 0 aromatic carbocycles. The summed E-state index contributed by atoms with van der Waals surface area (Å²) < 4.78 is 5.72. The average molecular weight is 435 g/mol. The molecule has 0 bridgehead atoms. The number of carbonyl (C=O) groups excluding carboxylic acids is 2. The predicted octanol–water partition coefficient (Wildman–Crippen LogP) is 2.74. The number of thioether (sulfide) groups is 2. The Morgan fingerprint density at radius 2 is 2.29 bits per heavy atom. The molecule has 1 saturated heterocycles. The van der Waals surface area contributed by atoms with E-state index in [9.17, 15) is 9.59 Å². The van der Waals surface area contributed by atoms with Crippen molar-refractivity contribution in [2.24, 2.45) is 0 Å². The number of nitrogens with zero attached hydrogens (tertiary/aromatic N) is 3. The molecule has 4 rings (SSSR count). The van der Waals surface area contributed by atoms with Crippen LogP contribution in [0.2, 0.25) is 0 Å². The second kappa shape index (κ2) is 8.64. The minimum Gasteiger partial charge on any atom is -0.432 e. The van der Waals surface area contributed by atoms with Gasteiger partial charge in [0.1, 0.15) is 5.70 Å². The summed E-state index contributed by atoms with van der Waals surface area (Å²) in [6.45, 7) is 2.42. The zero-order valence-electron chi connectivity index (χ0n) is 15.0. The van der Waals surface area contributed by atoms with Gasteiger partial charge in [-0.25, -0.2) is 9.78 Å². The minimum absolute atomic E-state index is 0.0374. The van der Waals surface area contributed by atoms with Crippen LogP contribution >= 0.6 is 34.9 Å². The molecule has 2 aromatic rings. The van der Waals surface area contributed by atoms with Gasteiger partial charge in [-0.2, -0.15) is 0 Å². The Morgan fingerprint density at radius 1 is 1.46 bits per heavy atom. The number of carbonyl (C=O) groups is 2. The van der Waals surface area contributed by atoms with Crippen LogP contribution in [-0.2, 0) is 20.9 Å². The number of amides is 1. The lowest BCUT2D eigenvalue weighted by atomic mass is 10.1. The van der Waals surface area contributed by atoms with E-state index in [4.69, 9.17) is 4.74 Å². The topological polar surface area (TPSA) is 84.4 Å². The van der Waals surface area contributed by atoms with E-state index in [0.717, 1.165) is 15.6 Å². The van der Waals surface area contributed by atoms with Gasteiger partial charge in [0, 0.05) is 35.0 Å². The van der Waals surface area contributed by atoms with Crippen molar-refractivity contribution in [1.82, 2.24) is 20.2 Å². The molecule has 2 atom stereocenters. The lowest BCUT2D eigenvalue weighted by molar-refractivity contribution is -0.150. The summed E-state index contributed by atoms with van der Waals surface area (Å²) in [7, 11) is 0. The number of fused-ring (bicyclic) bond motifs is 1. The van der Waals surface area contributed by atoms with E-state index < -0.39 is 11.5 Å². The van der Waals surface area contributed by atoms with Gasteiger partial charge in [-0.15, -0.1) is 23.1 Å². The van der Waals surface area contributed by atoms with E-state index in [-0.39, 0.29) is 11.3 Å². The van der Waals surface area contributed by atoms with Crippen LogP contribution in [0.5, 0.6) is 0 Å². The van der Waals surface area contributed by atoms with Gasteiger partial charge in [0.15, 0.2) is 0 Å². The second-order valence-corrected chi connectivity index (χ2v) is 9.53. The first-order valence-electron chi connectivity index (χ1n) is 8.66. The molecule has 10 heteroatoms. The average Bonchev–Trinajstić information content (AvgIpc) is 3.11. The van der Waals surface area contributed by atoms with Gasteiger partial charge in [-0.05, 0) is 25.1 Å². The van der Waals surface area contributed by atoms with E-state index in [1.807, 2.05) is 24.4 Å². The van der Waals surface area contributed by atoms with E-state index in [0.29, 0.717) is 24.4 Å². The highest BCUT2D eigenvalue weighted by atomic mass is 32.2. The van der Waals surface area contributed by atoms with Gasteiger partial charge in [0.05, 0.1) is 22.5 Å². The first-order valence-corrected chi connectivity index (χ1v) is 11.5. The van der Waals surface area contributed by atoms with Crippen molar-refractivity contribution in [2.75, 3.05) is 5.75 Å². The number of pyridine rings is 1. The first-order chi connectivity index (χ1) is 13.6. The van der Waals surface area contributed by atoms with E-state index in [2.05, 4.69) is 15.3 Å². The monoisotopic (exact) mass is 434 g/mol. The van der Waals surface area contributed by atoms with Crippen molar-refractivity contribution in [3.05, 3.63) is 52.4 Å². The summed E-state index contributed by atoms with van der Waals surface area (Å²) in [6, 6.07) is 3.71. The van der Waals surface area contributed by atoms with Crippen LogP contribution in [0.15, 0.2) is 46.6 Å². The van der Waals surface area contributed by atoms with Crippen molar-refractivity contribution in [3.8, 4) is 0 Å². The van der Waals surface area contributed by atoms with Gasteiger partial charge < -0.3 is 4.74 Å². The fraction of sp³-hybridized carbons (Fsp3) is 0.333. The van der Waals surface area contributed by atoms with Crippen molar-refractivity contribution in [1.29, 1.82) is 0 Å². The Balaban J connectivity index is 1.45. The molecule has 7 nitrogen and oxygen atoms in total. The Bertz CT molecular complexity index is 902. The molecule has 1 N–H and O–H groups in total. The zero-order valence-corrected chi connectivity index (χ0v) is 17.5. The molecule has 2 aliphatic rings.